The summed E-state index contributed by atoms with van der Waals surface area (Å²) < 4.78 is 0.353. The zero-order valence-electron chi connectivity index (χ0n) is 14.6. The van der Waals surface area contributed by atoms with Crippen LogP contribution >= 0.6 is 11.8 Å². The van der Waals surface area contributed by atoms with Gasteiger partial charge in [0.05, 0.1) is 11.0 Å². The van der Waals surface area contributed by atoms with Crippen LogP contribution in [0, 0.1) is 0 Å². The molecule has 0 saturated carbocycles. The Morgan fingerprint density at radius 1 is 1.38 bits per heavy atom. The van der Waals surface area contributed by atoms with Gasteiger partial charge in [-0.05, 0) is 44.1 Å². The molecule has 0 bridgehead atoms. The molecule has 1 saturated heterocycles. The van der Waals surface area contributed by atoms with Crippen LogP contribution in [0.15, 0.2) is 29.3 Å². The summed E-state index contributed by atoms with van der Waals surface area (Å²) in [5.41, 5.74) is 2.15. The van der Waals surface area contributed by atoms with Gasteiger partial charge in [0.2, 0.25) is 0 Å². The number of nitrogens with one attached hydrogen (secondary N) is 3. The molecule has 1 unspecified atom stereocenters. The lowest BCUT2D eigenvalue weighted by Gasteiger charge is -2.24. The second-order valence-electron chi connectivity index (χ2n) is 6.56. The molecule has 5 nitrogen and oxygen atoms in total. The van der Waals surface area contributed by atoms with Crippen molar-refractivity contribution in [2.75, 3.05) is 25.9 Å². The predicted molar refractivity (Wildman–Crippen MR) is 104 cm³/mol. The Morgan fingerprint density at radius 2 is 2.25 bits per heavy atom. The van der Waals surface area contributed by atoms with E-state index in [0.29, 0.717) is 4.75 Å². The van der Waals surface area contributed by atoms with Crippen molar-refractivity contribution in [1.29, 1.82) is 0 Å². The monoisotopic (exact) mass is 345 g/mol. The lowest BCUT2D eigenvalue weighted by Crippen LogP contribution is -2.43. The molecule has 1 atom stereocenters. The highest BCUT2D eigenvalue weighted by molar-refractivity contribution is 8.00. The topological polar surface area (TPSA) is 65.1 Å². The van der Waals surface area contributed by atoms with E-state index in [9.17, 15) is 0 Å². The number of aromatic amines is 1. The van der Waals surface area contributed by atoms with E-state index in [-0.39, 0.29) is 0 Å². The van der Waals surface area contributed by atoms with Gasteiger partial charge in [0, 0.05) is 31.3 Å². The number of rotatable bonds is 6. The van der Waals surface area contributed by atoms with Crippen molar-refractivity contribution >= 4 is 28.8 Å². The number of hydrogen-bond donors (Lipinski definition) is 3. The van der Waals surface area contributed by atoms with Gasteiger partial charge in [-0.2, -0.15) is 11.8 Å². The number of aromatic nitrogens is 2. The van der Waals surface area contributed by atoms with Crippen LogP contribution in [0.4, 0.5) is 0 Å². The number of fused-ring (bicyclic) bond motifs is 1. The summed E-state index contributed by atoms with van der Waals surface area (Å²) in [4.78, 5) is 12.3. The molecule has 1 aliphatic rings. The smallest absolute Gasteiger partial charge is 0.191 e. The number of imidazole rings is 1. The van der Waals surface area contributed by atoms with Gasteiger partial charge in [-0.25, -0.2) is 4.98 Å². The van der Waals surface area contributed by atoms with Gasteiger partial charge < -0.3 is 15.6 Å². The fourth-order valence-corrected chi connectivity index (χ4v) is 4.30. The highest BCUT2D eigenvalue weighted by atomic mass is 32.2. The van der Waals surface area contributed by atoms with E-state index < -0.39 is 0 Å². The number of aryl methyl sites for hydroxylation is 1. The van der Waals surface area contributed by atoms with Crippen LogP contribution in [0.1, 0.15) is 32.0 Å². The van der Waals surface area contributed by atoms with E-state index in [2.05, 4.69) is 50.3 Å². The number of H-pyrrole nitrogens is 1. The molecular formula is C18H27N5S. The predicted octanol–water partition coefficient (Wildman–Crippen LogP) is 2.95. The van der Waals surface area contributed by atoms with Gasteiger partial charge in [-0.3, -0.25) is 4.99 Å². The van der Waals surface area contributed by atoms with Crippen molar-refractivity contribution in [3.63, 3.8) is 0 Å². The second kappa shape index (κ2) is 7.92. The Morgan fingerprint density at radius 3 is 3.00 bits per heavy atom. The molecule has 0 aliphatic carbocycles. The summed E-state index contributed by atoms with van der Waals surface area (Å²) >= 11 is 2.07. The first kappa shape index (κ1) is 17.1. The minimum atomic E-state index is 0.353. The highest BCUT2D eigenvalue weighted by Crippen LogP contribution is 2.36. The Hall–Kier alpha value is -1.69. The third kappa shape index (κ3) is 4.44. The first-order valence-corrected chi connectivity index (χ1v) is 9.69. The van der Waals surface area contributed by atoms with Gasteiger partial charge in [-0.15, -0.1) is 0 Å². The molecule has 3 N–H and O–H groups in total. The van der Waals surface area contributed by atoms with E-state index >= 15 is 0 Å². The fourth-order valence-electron chi connectivity index (χ4n) is 3.05. The van der Waals surface area contributed by atoms with Crippen molar-refractivity contribution in [2.24, 2.45) is 4.99 Å². The molecule has 3 rings (SSSR count). The highest BCUT2D eigenvalue weighted by Gasteiger charge is 2.29. The summed E-state index contributed by atoms with van der Waals surface area (Å²) in [6.45, 7) is 4.20. The molecule has 2 heterocycles. The van der Waals surface area contributed by atoms with Crippen LogP contribution in [0.3, 0.4) is 0 Å². The summed E-state index contributed by atoms with van der Waals surface area (Å²) in [5.74, 6) is 3.23. The standard InChI is InChI=1S/C18H27N5S/c1-18(10-6-12-24-18)13-21-17(19-2)20-11-5-9-16-22-14-7-3-4-8-15(14)23-16/h3-4,7-8H,5-6,9-13H2,1-2H3,(H,22,23)(H2,19,20,21). The molecule has 0 amide bonds. The maximum Gasteiger partial charge on any atom is 0.191 e. The average molecular weight is 346 g/mol. The fraction of sp³-hybridized carbons (Fsp3) is 0.556. The van der Waals surface area contributed by atoms with E-state index in [1.807, 2.05) is 25.2 Å². The number of hydrogen-bond acceptors (Lipinski definition) is 3. The lowest BCUT2D eigenvalue weighted by molar-refractivity contribution is 0.583. The molecule has 1 aromatic heterocycles. The number of nitrogens with zero attached hydrogens (tertiary/aromatic N) is 2. The van der Waals surface area contributed by atoms with E-state index in [4.69, 9.17) is 0 Å². The summed E-state index contributed by atoms with van der Waals surface area (Å²) in [6, 6.07) is 8.16. The van der Waals surface area contributed by atoms with Crippen LogP contribution in [-0.4, -0.2) is 46.6 Å². The maximum absolute atomic E-state index is 4.62. The first-order valence-electron chi connectivity index (χ1n) is 8.71. The minimum absolute atomic E-state index is 0.353. The Kier molecular flexibility index (Phi) is 5.66. The van der Waals surface area contributed by atoms with Crippen molar-refractivity contribution in [3.8, 4) is 0 Å². The SMILES string of the molecule is CN=C(NCCCc1nc2ccccc2[nH]1)NCC1(C)CCCS1. The number of para-hydroxylation sites is 2. The van der Waals surface area contributed by atoms with Crippen LogP contribution in [-0.2, 0) is 6.42 Å². The molecule has 2 aromatic rings. The minimum Gasteiger partial charge on any atom is -0.356 e. The van der Waals surface area contributed by atoms with Gasteiger partial charge in [0.15, 0.2) is 5.96 Å². The van der Waals surface area contributed by atoms with Crippen molar-refractivity contribution in [2.45, 2.75) is 37.4 Å². The molecular weight excluding hydrogens is 318 g/mol. The number of aliphatic imine (C=N–C) groups is 1. The molecule has 24 heavy (non-hydrogen) atoms. The Bertz CT molecular complexity index is 655. The van der Waals surface area contributed by atoms with Crippen LogP contribution in [0.5, 0.6) is 0 Å². The van der Waals surface area contributed by atoms with Crippen LogP contribution < -0.4 is 10.6 Å². The summed E-state index contributed by atoms with van der Waals surface area (Å²) in [6.07, 6.45) is 4.57. The largest absolute Gasteiger partial charge is 0.356 e. The maximum atomic E-state index is 4.62. The van der Waals surface area contributed by atoms with E-state index in [0.717, 1.165) is 48.7 Å². The molecule has 0 radical (unpaired) electrons. The van der Waals surface area contributed by atoms with Crippen molar-refractivity contribution in [1.82, 2.24) is 20.6 Å². The number of thioether (sulfide) groups is 1. The number of benzene rings is 1. The van der Waals surface area contributed by atoms with Gasteiger partial charge >= 0.3 is 0 Å². The van der Waals surface area contributed by atoms with Crippen molar-refractivity contribution in [3.05, 3.63) is 30.1 Å². The van der Waals surface area contributed by atoms with Crippen LogP contribution in [0.2, 0.25) is 0 Å². The zero-order chi connectivity index (χ0) is 16.8. The average Bonchev–Trinajstić information content (AvgIpc) is 3.20. The third-order valence-electron chi connectivity index (χ3n) is 4.48. The van der Waals surface area contributed by atoms with Gasteiger partial charge in [0.1, 0.15) is 5.82 Å². The molecule has 1 fully saturated rings. The molecule has 1 aromatic carbocycles. The first-order chi connectivity index (χ1) is 11.7. The van der Waals surface area contributed by atoms with Crippen LogP contribution in [0.25, 0.3) is 11.0 Å². The summed E-state index contributed by atoms with van der Waals surface area (Å²) in [5, 5.41) is 6.87. The zero-order valence-corrected chi connectivity index (χ0v) is 15.4. The third-order valence-corrected chi connectivity index (χ3v) is 6.01. The van der Waals surface area contributed by atoms with E-state index in [1.54, 1.807) is 0 Å². The van der Waals surface area contributed by atoms with Crippen molar-refractivity contribution < 1.29 is 0 Å². The van der Waals surface area contributed by atoms with Gasteiger partial charge in [0.25, 0.3) is 0 Å². The normalized spacial score (nSPS) is 21.3. The Labute approximate surface area is 148 Å². The number of guanidine groups is 1. The molecule has 130 valence electrons. The van der Waals surface area contributed by atoms with E-state index in [1.165, 1.54) is 18.6 Å². The molecule has 1 aliphatic heterocycles. The quantitative estimate of drug-likeness (QED) is 0.428. The molecule has 0 spiro atoms. The van der Waals surface area contributed by atoms with Gasteiger partial charge in [-0.1, -0.05) is 12.1 Å². The second-order valence-corrected chi connectivity index (χ2v) is 8.24. The Balaban J connectivity index is 1.39. The summed E-state index contributed by atoms with van der Waals surface area (Å²) in [7, 11) is 1.83. The molecule has 6 heteroatoms. The lowest BCUT2D eigenvalue weighted by atomic mass is 10.1.